The van der Waals surface area contributed by atoms with E-state index in [1.54, 1.807) is 0 Å². The first-order chi connectivity index (χ1) is 12.4. The van der Waals surface area contributed by atoms with Crippen molar-refractivity contribution < 1.29 is 0 Å². The molecule has 0 N–H and O–H groups in total. The van der Waals surface area contributed by atoms with Crippen LogP contribution in [0.3, 0.4) is 0 Å². The molecular formula is C24H37N. The average molecular weight is 340 g/mol. The topological polar surface area (TPSA) is 12.4 Å². The van der Waals surface area contributed by atoms with E-state index in [1.165, 1.54) is 11.1 Å². The maximum Gasteiger partial charge on any atom is 0.0669 e. The summed E-state index contributed by atoms with van der Waals surface area (Å²) < 4.78 is 0. The van der Waals surface area contributed by atoms with Crippen LogP contribution in [0.15, 0.2) is 65.7 Å². The summed E-state index contributed by atoms with van der Waals surface area (Å²) in [6.07, 6.45) is 5.17. The maximum absolute atomic E-state index is 4.60. The second kappa shape index (κ2) is 18.2. The zero-order chi connectivity index (χ0) is 19.5. The average Bonchev–Trinajstić information content (AvgIpc) is 3.16. The van der Waals surface area contributed by atoms with Crippen LogP contribution in [0.25, 0.3) is 6.08 Å². The zero-order valence-corrected chi connectivity index (χ0v) is 17.5. The first-order valence-electron chi connectivity index (χ1n) is 9.80. The van der Waals surface area contributed by atoms with Crippen molar-refractivity contribution in [2.75, 3.05) is 0 Å². The molecule has 0 saturated carbocycles. The van der Waals surface area contributed by atoms with Crippen LogP contribution < -0.4 is 0 Å². The molecule has 2 aromatic carbocycles. The highest BCUT2D eigenvalue weighted by atomic mass is 14.8. The summed E-state index contributed by atoms with van der Waals surface area (Å²) in [5.74, 6) is 0. The van der Waals surface area contributed by atoms with E-state index in [4.69, 9.17) is 0 Å². The van der Waals surface area contributed by atoms with Gasteiger partial charge in [-0.15, -0.1) is 0 Å². The van der Waals surface area contributed by atoms with Crippen molar-refractivity contribution in [2.45, 2.75) is 61.8 Å². The third-order valence-electron chi connectivity index (χ3n) is 2.89. The molecule has 25 heavy (non-hydrogen) atoms. The van der Waals surface area contributed by atoms with Crippen LogP contribution >= 0.6 is 0 Å². The van der Waals surface area contributed by atoms with Crippen LogP contribution in [-0.2, 0) is 6.42 Å². The number of fused-ring (bicyclic) bond motifs is 1. The molecule has 0 aromatic heterocycles. The Bertz CT molecular complexity index is 580. The van der Waals surface area contributed by atoms with Gasteiger partial charge in [-0.25, -0.2) is 0 Å². The van der Waals surface area contributed by atoms with E-state index in [1.807, 2.05) is 79.7 Å². The number of hydrogen-bond acceptors (Lipinski definition) is 1. The second-order valence-electron chi connectivity index (χ2n) is 4.15. The Balaban J connectivity index is 0. The highest BCUT2D eigenvalue weighted by Gasteiger charge is 2.10. The molecule has 0 bridgehead atoms. The predicted molar refractivity (Wildman–Crippen MR) is 118 cm³/mol. The molecule has 0 radical (unpaired) electrons. The van der Waals surface area contributed by atoms with Gasteiger partial charge in [-0.3, -0.25) is 4.99 Å². The molecule has 0 unspecified atom stereocenters. The van der Waals surface area contributed by atoms with E-state index in [2.05, 4.69) is 47.5 Å². The summed E-state index contributed by atoms with van der Waals surface area (Å²) >= 11 is 0. The Morgan fingerprint density at radius 2 is 1.16 bits per heavy atom. The highest BCUT2D eigenvalue weighted by Crippen LogP contribution is 2.26. The summed E-state index contributed by atoms with van der Waals surface area (Å²) in [6, 6.07) is 18.6. The van der Waals surface area contributed by atoms with Crippen molar-refractivity contribution in [1.29, 1.82) is 0 Å². The molecule has 0 amide bonds. The molecule has 0 aliphatic carbocycles. The molecule has 1 aliphatic heterocycles. The van der Waals surface area contributed by atoms with Gasteiger partial charge in [0.1, 0.15) is 0 Å². The molecule has 2 aromatic rings. The number of allylic oxidation sites excluding steroid dienone is 1. The Morgan fingerprint density at radius 3 is 1.72 bits per heavy atom. The number of benzene rings is 2. The maximum atomic E-state index is 4.60. The third-order valence-corrected chi connectivity index (χ3v) is 2.89. The van der Waals surface area contributed by atoms with Gasteiger partial charge in [-0.05, 0) is 23.3 Å². The van der Waals surface area contributed by atoms with Crippen LogP contribution in [0.2, 0.25) is 0 Å². The minimum absolute atomic E-state index is 0.944. The molecule has 0 spiro atoms. The van der Waals surface area contributed by atoms with Crippen molar-refractivity contribution in [1.82, 2.24) is 0 Å². The van der Waals surface area contributed by atoms with Gasteiger partial charge >= 0.3 is 0 Å². The van der Waals surface area contributed by atoms with E-state index in [-0.39, 0.29) is 0 Å². The van der Waals surface area contributed by atoms with Gasteiger partial charge in [0.05, 0.1) is 5.69 Å². The Hall–Kier alpha value is -2.15. The van der Waals surface area contributed by atoms with Crippen molar-refractivity contribution >= 4 is 17.5 Å². The van der Waals surface area contributed by atoms with Crippen molar-refractivity contribution in [2.24, 2.45) is 4.99 Å². The monoisotopic (exact) mass is 339 g/mol. The molecular weight excluding hydrogens is 302 g/mol. The molecule has 0 atom stereocenters. The smallest absolute Gasteiger partial charge is 0.0669 e. The summed E-state index contributed by atoms with van der Waals surface area (Å²) in [6.45, 7) is 16.0. The summed E-state index contributed by atoms with van der Waals surface area (Å²) in [7, 11) is 0. The van der Waals surface area contributed by atoms with E-state index < -0.39 is 0 Å². The molecule has 1 nitrogen and oxygen atoms in total. The van der Waals surface area contributed by atoms with Gasteiger partial charge in [-0.1, -0.05) is 110 Å². The van der Waals surface area contributed by atoms with Gasteiger partial charge in [0, 0.05) is 12.1 Å². The third kappa shape index (κ3) is 9.66. The largest absolute Gasteiger partial charge is 0.253 e. The van der Waals surface area contributed by atoms with Gasteiger partial charge < -0.3 is 0 Å². The standard InChI is InChI=1S/C16H13N.4C2H6/c1-2-6-13(7-3-1)10-11-15-12-14-8-4-5-9-16(14)17-15;4*1-2/h1-11H,12H2;4*1-2H3. The minimum Gasteiger partial charge on any atom is -0.253 e. The lowest BCUT2D eigenvalue weighted by Crippen LogP contribution is -1.91. The second-order valence-corrected chi connectivity index (χ2v) is 4.15. The zero-order valence-electron chi connectivity index (χ0n) is 17.5. The minimum atomic E-state index is 0.944. The Kier molecular flexibility index (Phi) is 18.3. The fraction of sp³-hybridized carbons (Fsp3) is 0.375. The van der Waals surface area contributed by atoms with Crippen molar-refractivity contribution in [3.63, 3.8) is 0 Å². The Labute approximate surface area is 156 Å². The molecule has 0 saturated heterocycles. The lowest BCUT2D eigenvalue weighted by molar-refractivity contribution is 1.40. The lowest BCUT2D eigenvalue weighted by atomic mass is 10.1. The van der Waals surface area contributed by atoms with Gasteiger partial charge in [0.15, 0.2) is 0 Å². The number of rotatable bonds is 2. The lowest BCUT2D eigenvalue weighted by Gasteiger charge is -1.93. The molecule has 1 heterocycles. The number of aliphatic imine (C=N–C) groups is 1. The van der Waals surface area contributed by atoms with E-state index in [0.29, 0.717) is 0 Å². The van der Waals surface area contributed by atoms with Crippen LogP contribution in [0, 0.1) is 0 Å². The molecule has 0 fully saturated rings. The molecule has 3 rings (SSSR count). The van der Waals surface area contributed by atoms with Crippen molar-refractivity contribution in [3.05, 3.63) is 71.8 Å². The van der Waals surface area contributed by atoms with Gasteiger partial charge in [-0.2, -0.15) is 0 Å². The number of nitrogens with zero attached hydrogens (tertiary/aromatic N) is 1. The van der Waals surface area contributed by atoms with E-state index in [9.17, 15) is 0 Å². The Morgan fingerprint density at radius 1 is 0.640 bits per heavy atom. The molecule has 138 valence electrons. The highest BCUT2D eigenvalue weighted by molar-refractivity contribution is 6.04. The van der Waals surface area contributed by atoms with Crippen LogP contribution in [0.1, 0.15) is 66.5 Å². The quantitative estimate of drug-likeness (QED) is 0.523. The number of para-hydroxylation sites is 1. The first-order valence-corrected chi connectivity index (χ1v) is 9.80. The van der Waals surface area contributed by atoms with Crippen LogP contribution in [0.4, 0.5) is 5.69 Å². The fourth-order valence-corrected chi connectivity index (χ4v) is 2.01. The number of hydrogen-bond donors (Lipinski definition) is 0. The molecule has 1 aliphatic rings. The first kappa shape index (κ1) is 25.1. The van der Waals surface area contributed by atoms with Crippen molar-refractivity contribution in [3.8, 4) is 0 Å². The fourth-order valence-electron chi connectivity index (χ4n) is 2.01. The SMILES string of the molecule is C(=Cc1ccccc1)C1=Nc2ccccc2C1.CC.CC.CC.CC. The molecule has 1 heteroatoms. The summed E-state index contributed by atoms with van der Waals surface area (Å²) in [5, 5.41) is 0. The van der Waals surface area contributed by atoms with Gasteiger partial charge in [0.25, 0.3) is 0 Å². The van der Waals surface area contributed by atoms with Crippen LogP contribution in [-0.4, -0.2) is 5.71 Å². The summed E-state index contributed by atoms with van der Waals surface area (Å²) in [4.78, 5) is 4.60. The van der Waals surface area contributed by atoms with Crippen LogP contribution in [0.5, 0.6) is 0 Å². The van der Waals surface area contributed by atoms with E-state index >= 15 is 0 Å². The van der Waals surface area contributed by atoms with E-state index in [0.717, 1.165) is 17.8 Å². The predicted octanol–water partition coefficient (Wildman–Crippen LogP) is 8.13. The normalized spacial score (nSPS) is 10.3. The summed E-state index contributed by atoms with van der Waals surface area (Å²) in [5.41, 5.74) is 4.78. The van der Waals surface area contributed by atoms with Gasteiger partial charge in [0.2, 0.25) is 0 Å².